The fraction of sp³-hybridized carbons (Fsp3) is 0.577. The van der Waals surface area contributed by atoms with E-state index in [0.717, 1.165) is 49.1 Å². The van der Waals surface area contributed by atoms with E-state index in [2.05, 4.69) is 22.4 Å². The van der Waals surface area contributed by atoms with E-state index in [-0.39, 0.29) is 17.1 Å². The minimum absolute atomic E-state index is 0.0110. The Balaban J connectivity index is 1.39. The fourth-order valence-electron chi connectivity index (χ4n) is 7.09. The van der Waals surface area contributed by atoms with Crippen LogP contribution in [-0.2, 0) is 16.1 Å². The monoisotopic (exact) mass is 501 g/mol. The van der Waals surface area contributed by atoms with E-state index < -0.39 is 0 Å². The normalized spacial score (nSPS) is 31.0. The summed E-state index contributed by atoms with van der Waals surface area (Å²) in [4.78, 5) is 23.3. The zero-order valence-electron chi connectivity index (χ0n) is 19.9. The molecule has 0 aliphatic heterocycles. The molecule has 2 N–H and O–H groups in total. The van der Waals surface area contributed by atoms with Gasteiger partial charge in [0.15, 0.2) is 5.13 Å². The van der Waals surface area contributed by atoms with E-state index in [1.54, 1.807) is 13.3 Å². The Kier molecular flexibility index (Phi) is 6.36. The number of phenols is 1. The third kappa shape index (κ3) is 4.11. The molecule has 2 fully saturated rings. The van der Waals surface area contributed by atoms with Crippen LogP contribution in [-0.4, -0.2) is 28.8 Å². The average Bonchev–Trinajstić information content (AvgIpc) is 3.33. The van der Waals surface area contributed by atoms with Gasteiger partial charge in [0.25, 0.3) is 0 Å². The smallest absolute Gasteiger partial charge is 0.226 e. The van der Waals surface area contributed by atoms with Crippen LogP contribution >= 0.6 is 22.9 Å². The number of thiazole rings is 1. The number of carbonyl (C=O) groups is 1. The molecule has 0 radical (unpaired) electrons. The van der Waals surface area contributed by atoms with Gasteiger partial charge in [0, 0.05) is 22.9 Å². The highest BCUT2D eigenvalue weighted by molar-refractivity contribution is 7.15. The number of carbonyl (C=O) groups excluding carboxylic acids is 1. The van der Waals surface area contributed by atoms with Crippen LogP contribution < -0.4 is 5.32 Å². The molecular weight excluding hydrogens is 470 g/mol. The van der Waals surface area contributed by atoms with E-state index in [4.69, 9.17) is 16.4 Å². The van der Waals surface area contributed by atoms with Crippen LogP contribution in [0.5, 0.6) is 5.75 Å². The number of halogens is 1. The van der Waals surface area contributed by atoms with Crippen LogP contribution in [0.25, 0.3) is 0 Å². The van der Waals surface area contributed by atoms with Crippen molar-refractivity contribution in [2.75, 3.05) is 12.4 Å². The van der Waals surface area contributed by atoms with E-state index in [9.17, 15) is 9.90 Å². The van der Waals surface area contributed by atoms with Crippen molar-refractivity contribution in [2.45, 2.75) is 64.7 Å². The van der Waals surface area contributed by atoms with Gasteiger partial charge >= 0.3 is 0 Å². The first-order chi connectivity index (χ1) is 16.3. The second-order valence-corrected chi connectivity index (χ2v) is 12.0. The summed E-state index contributed by atoms with van der Waals surface area (Å²) in [6, 6.07) is 3.85. The number of amides is 1. The molecule has 1 amide bonds. The molecule has 2 aromatic rings. The molecule has 5 rings (SSSR count). The molecule has 1 aromatic heterocycles. The number of aryl methyl sites for hydroxylation is 2. The van der Waals surface area contributed by atoms with Gasteiger partial charge in [-0.15, -0.1) is 11.3 Å². The first kappa shape index (κ1) is 23.6. The second-order valence-electron chi connectivity index (χ2n) is 10.3. The molecule has 1 heterocycles. The van der Waals surface area contributed by atoms with Crippen LogP contribution in [0.2, 0.25) is 5.02 Å². The van der Waals surface area contributed by atoms with Crippen molar-refractivity contribution >= 4 is 39.7 Å². The number of fused-ring (bicyclic) bond motifs is 5. The van der Waals surface area contributed by atoms with Crippen LogP contribution in [0.3, 0.4) is 0 Å². The molecule has 0 saturated heterocycles. The number of rotatable bonds is 5. The van der Waals surface area contributed by atoms with Crippen molar-refractivity contribution in [3.8, 4) is 5.75 Å². The van der Waals surface area contributed by atoms with Crippen molar-refractivity contribution in [3.63, 3.8) is 0 Å². The SMILES string of the molecule is CO/N=C1\C[C@@H](CCC(=O)Nc2ncc(C)s2)C2C3CCc4cc(O)c(Cl)cc4C3CC[C@]12C. The predicted octanol–water partition coefficient (Wildman–Crippen LogP) is 6.31. The largest absolute Gasteiger partial charge is 0.506 e. The Morgan fingerprint density at radius 3 is 2.97 bits per heavy atom. The third-order valence-corrected chi connectivity index (χ3v) is 9.61. The maximum atomic E-state index is 12.7. The molecule has 0 spiro atoms. The molecular formula is C26H32ClN3O3S. The summed E-state index contributed by atoms with van der Waals surface area (Å²) in [5.41, 5.74) is 3.66. The lowest BCUT2D eigenvalue weighted by Gasteiger charge is -2.50. The molecule has 34 heavy (non-hydrogen) atoms. The molecule has 3 aliphatic carbocycles. The van der Waals surface area contributed by atoms with Crippen molar-refractivity contribution in [3.05, 3.63) is 39.4 Å². The zero-order chi connectivity index (χ0) is 24.0. The summed E-state index contributed by atoms with van der Waals surface area (Å²) in [6.45, 7) is 4.34. The first-order valence-corrected chi connectivity index (χ1v) is 13.3. The van der Waals surface area contributed by atoms with Crippen molar-refractivity contribution in [1.29, 1.82) is 0 Å². The molecule has 1 aromatic carbocycles. The Labute approximate surface area is 209 Å². The highest BCUT2D eigenvalue weighted by atomic mass is 35.5. The number of nitrogens with one attached hydrogen (secondary N) is 1. The highest BCUT2D eigenvalue weighted by Gasteiger charge is 2.57. The van der Waals surface area contributed by atoms with Crippen molar-refractivity contribution in [2.24, 2.45) is 28.3 Å². The van der Waals surface area contributed by atoms with Gasteiger partial charge in [-0.3, -0.25) is 4.79 Å². The fourth-order valence-corrected chi connectivity index (χ4v) is 7.94. The Bertz CT molecular complexity index is 1130. The van der Waals surface area contributed by atoms with Gasteiger partial charge in [0.05, 0.1) is 10.7 Å². The number of aromatic hydroxyl groups is 1. The molecule has 0 bridgehead atoms. The van der Waals surface area contributed by atoms with Gasteiger partial charge in [-0.2, -0.15) is 0 Å². The second kappa shape index (κ2) is 9.15. The number of hydrogen-bond donors (Lipinski definition) is 2. The van der Waals surface area contributed by atoms with Crippen LogP contribution in [0, 0.1) is 30.1 Å². The minimum atomic E-state index is -0.0110. The summed E-state index contributed by atoms with van der Waals surface area (Å²) >= 11 is 7.83. The zero-order valence-corrected chi connectivity index (χ0v) is 21.5. The Morgan fingerprint density at radius 1 is 1.41 bits per heavy atom. The summed E-state index contributed by atoms with van der Waals surface area (Å²) in [7, 11) is 1.62. The van der Waals surface area contributed by atoms with Crippen LogP contribution in [0.1, 0.15) is 67.4 Å². The molecule has 5 atom stereocenters. The molecule has 3 aliphatic rings. The van der Waals surface area contributed by atoms with Gasteiger partial charge in [0.2, 0.25) is 5.91 Å². The predicted molar refractivity (Wildman–Crippen MR) is 136 cm³/mol. The third-order valence-electron chi connectivity index (χ3n) is 8.48. The standard InChI is InChI=1S/C26H32ClN3O3S/c1-14-13-28-25(34-14)29-23(32)7-5-16-11-22(30-33-3)26(2)9-8-17-18(24(16)26)6-4-15-10-21(31)20(27)12-19(15)17/h10,12-13,16-18,24,31H,4-9,11H2,1-3H3,(H,28,29,32)/b30-22+/t16-,17?,18?,24?,26-/m1/s1. The van der Waals surface area contributed by atoms with Gasteiger partial charge < -0.3 is 15.3 Å². The topological polar surface area (TPSA) is 83.8 Å². The van der Waals surface area contributed by atoms with Gasteiger partial charge in [-0.1, -0.05) is 23.7 Å². The van der Waals surface area contributed by atoms with E-state index in [1.165, 1.54) is 22.5 Å². The number of nitrogens with zero attached hydrogens (tertiary/aromatic N) is 2. The molecule has 3 unspecified atom stereocenters. The quantitative estimate of drug-likeness (QED) is 0.470. The number of phenolic OH excluding ortho intramolecular Hbond substituents is 1. The number of benzene rings is 1. The summed E-state index contributed by atoms with van der Waals surface area (Å²) < 4.78 is 0. The van der Waals surface area contributed by atoms with Crippen LogP contribution in [0.15, 0.2) is 23.5 Å². The molecule has 182 valence electrons. The maximum absolute atomic E-state index is 12.7. The van der Waals surface area contributed by atoms with E-state index in [0.29, 0.717) is 40.2 Å². The first-order valence-electron chi connectivity index (χ1n) is 12.1. The van der Waals surface area contributed by atoms with Gasteiger partial charge in [-0.05, 0) is 92.4 Å². The Morgan fingerprint density at radius 2 is 2.24 bits per heavy atom. The lowest BCUT2D eigenvalue weighted by Crippen LogP contribution is -2.44. The number of oxime groups is 1. The number of hydrogen-bond acceptors (Lipinski definition) is 6. The van der Waals surface area contributed by atoms with Crippen LogP contribution in [0.4, 0.5) is 5.13 Å². The lowest BCUT2D eigenvalue weighted by atomic mass is 9.54. The van der Waals surface area contributed by atoms with Crippen molar-refractivity contribution < 1.29 is 14.7 Å². The highest BCUT2D eigenvalue weighted by Crippen LogP contribution is 2.62. The van der Waals surface area contributed by atoms with E-state index in [1.807, 2.05) is 19.1 Å². The summed E-state index contributed by atoms with van der Waals surface area (Å²) in [5, 5.41) is 18.7. The molecule has 2 saturated carbocycles. The number of anilines is 1. The average molecular weight is 502 g/mol. The molecule has 8 heteroatoms. The van der Waals surface area contributed by atoms with Crippen molar-refractivity contribution in [1.82, 2.24) is 4.98 Å². The molecule has 6 nitrogen and oxygen atoms in total. The van der Waals surface area contributed by atoms with Gasteiger partial charge in [0.1, 0.15) is 12.9 Å². The summed E-state index contributed by atoms with van der Waals surface area (Å²) in [5.74, 6) is 1.95. The maximum Gasteiger partial charge on any atom is 0.226 e. The summed E-state index contributed by atoms with van der Waals surface area (Å²) in [6.07, 6.45) is 8.11. The lowest BCUT2D eigenvalue weighted by molar-refractivity contribution is -0.116. The van der Waals surface area contributed by atoms with E-state index >= 15 is 0 Å². The minimum Gasteiger partial charge on any atom is -0.506 e. The number of aromatic nitrogens is 1. The van der Waals surface area contributed by atoms with Gasteiger partial charge in [-0.25, -0.2) is 4.98 Å². The Hall–Kier alpha value is -2.12.